The molecule has 1 aliphatic rings. The van der Waals surface area contributed by atoms with Crippen molar-refractivity contribution in [2.45, 2.75) is 65.5 Å². The van der Waals surface area contributed by atoms with E-state index in [2.05, 4.69) is 24.1 Å². The van der Waals surface area contributed by atoms with Crippen molar-refractivity contribution in [3.05, 3.63) is 29.8 Å². The molecule has 1 fully saturated rings. The molecule has 1 atom stereocenters. The van der Waals surface area contributed by atoms with E-state index in [1.807, 2.05) is 20.8 Å². The molecular weight excluding hydrogens is 476 g/mol. The van der Waals surface area contributed by atoms with Gasteiger partial charge in [0, 0.05) is 52.2 Å². The third-order valence-corrected chi connectivity index (χ3v) is 6.47. The minimum Gasteiger partial charge on any atom is -0.508 e. The van der Waals surface area contributed by atoms with Gasteiger partial charge in [-0.15, -0.1) is 0 Å². The topological polar surface area (TPSA) is 123 Å². The maximum Gasteiger partial charge on any atom is 0.410 e. The van der Waals surface area contributed by atoms with Gasteiger partial charge in [-0.25, -0.2) is 9.59 Å². The lowest BCUT2D eigenvalue weighted by atomic mass is 9.89. The van der Waals surface area contributed by atoms with Crippen molar-refractivity contribution in [3.8, 4) is 5.75 Å². The Hall–Kier alpha value is -3.01. The monoisotopic (exact) mass is 520 g/mol. The lowest BCUT2D eigenvalue weighted by Crippen LogP contribution is -2.62. The van der Waals surface area contributed by atoms with Crippen LogP contribution in [0.4, 0.5) is 9.59 Å². The zero-order chi connectivity index (χ0) is 27.8. The van der Waals surface area contributed by atoms with Gasteiger partial charge in [0.15, 0.2) is 0 Å². The number of piperazine rings is 1. The molecule has 1 aliphatic heterocycles. The molecule has 2 rings (SSSR count). The molecule has 0 radical (unpaired) electrons. The highest BCUT2D eigenvalue weighted by molar-refractivity contribution is 5.89. The van der Waals surface area contributed by atoms with Crippen LogP contribution in [0.3, 0.4) is 0 Å². The summed E-state index contributed by atoms with van der Waals surface area (Å²) < 4.78 is 5.45. The van der Waals surface area contributed by atoms with Gasteiger partial charge in [0.2, 0.25) is 5.91 Å². The highest BCUT2D eigenvalue weighted by atomic mass is 16.6. The van der Waals surface area contributed by atoms with Crippen molar-refractivity contribution in [2.24, 2.45) is 5.92 Å². The maximum absolute atomic E-state index is 13.4. The van der Waals surface area contributed by atoms with Crippen molar-refractivity contribution < 1.29 is 29.3 Å². The molecule has 10 heteroatoms. The minimum absolute atomic E-state index is 0.104. The van der Waals surface area contributed by atoms with Crippen molar-refractivity contribution in [3.63, 3.8) is 0 Å². The van der Waals surface area contributed by atoms with Crippen LogP contribution in [0.15, 0.2) is 24.3 Å². The zero-order valence-corrected chi connectivity index (χ0v) is 23.1. The number of hydrogen-bond acceptors (Lipinski definition) is 6. The number of carbonyl (C=O) groups excluding carboxylic acids is 2. The van der Waals surface area contributed by atoms with Gasteiger partial charge >= 0.3 is 12.2 Å². The largest absolute Gasteiger partial charge is 0.508 e. The first-order valence-corrected chi connectivity index (χ1v) is 13.0. The number of rotatable bonds is 10. The molecule has 0 aliphatic carbocycles. The third kappa shape index (κ3) is 9.42. The number of benzene rings is 1. The Morgan fingerprint density at radius 2 is 1.65 bits per heavy atom. The molecule has 0 aromatic heterocycles. The average molecular weight is 521 g/mol. The second-order valence-corrected chi connectivity index (χ2v) is 11.3. The predicted octanol–water partition coefficient (Wildman–Crippen LogP) is 3.39. The van der Waals surface area contributed by atoms with Crippen LogP contribution in [0, 0.1) is 5.92 Å². The molecular formula is C27H44N4O6. The Balaban J connectivity index is 2.11. The van der Waals surface area contributed by atoms with Gasteiger partial charge < -0.3 is 25.2 Å². The first-order valence-electron chi connectivity index (χ1n) is 13.0. The van der Waals surface area contributed by atoms with Crippen LogP contribution in [0.5, 0.6) is 5.75 Å². The quantitative estimate of drug-likeness (QED) is 0.432. The Bertz CT molecular complexity index is 906. The minimum atomic E-state index is -1.35. The summed E-state index contributed by atoms with van der Waals surface area (Å²) in [6.45, 7) is 14.4. The molecule has 208 valence electrons. The number of carboxylic acid groups (broad SMARTS) is 1. The summed E-state index contributed by atoms with van der Waals surface area (Å²) in [6, 6.07) is 6.46. The fourth-order valence-electron chi connectivity index (χ4n) is 4.25. The molecule has 1 saturated heterocycles. The number of nitrogens with one attached hydrogen (secondary N) is 1. The first-order chi connectivity index (χ1) is 17.2. The fourth-order valence-corrected chi connectivity index (χ4v) is 4.25. The molecule has 10 nitrogen and oxygen atoms in total. The van der Waals surface area contributed by atoms with Crippen molar-refractivity contribution >= 4 is 18.1 Å². The van der Waals surface area contributed by atoms with Gasteiger partial charge in [-0.05, 0) is 57.7 Å². The second kappa shape index (κ2) is 13.0. The molecule has 37 heavy (non-hydrogen) atoms. The maximum atomic E-state index is 13.4. The van der Waals surface area contributed by atoms with Gasteiger partial charge in [-0.3, -0.25) is 14.6 Å². The summed E-state index contributed by atoms with van der Waals surface area (Å²) in [6.07, 6.45) is -0.568. The number of hydrogen-bond donors (Lipinski definition) is 3. The van der Waals surface area contributed by atoms with E-state index in [1.165, 1.54) is 17.0 Å². The lowest BCUT2D eigenvalue weighted by molar-refractivity contribution is -0.131. The van der Waals surface area contributed by atoms with Crippen LogP contribution in [-0.4, -0.2) is 100.0 Å². The number of nitrogens with zero attached hydrogens (tertiary/aromatic N) is 3. The highest BCUT2D eigenvalue weighted by Crippen LogP contribution is 2.24. The van der Waals surface area contributed by atoms with Crippen LogP contribution in [0.2, 0.25) is 0 Å². The van der Waals surface area contributed by atoms with E-state index in [1.54, 1.807) is 24.0 Å². The zero-order valence-electron chi connectivity index (χ0n) is 23.1. The van der Waals surface area contributed by atoms with Crippen molar-refractivity contribution in [1.82, 2.24) is 20.0 Å². The third-order valence-electron chi connectivity index (χ3n) is 6.47. The summed E-state index contributed by atoms with van der Waals surface area (Å²) in [5.74, 6) is 0.157. The van der Waals surface area contributed by atoms with Crippen molar-refractivity contribution in [1.29, 1.82) is 0 Å². The SMILES string of the molecule is CC(C)CCNC(=O)[C@](C)(Cc1ccc(O)cc1)N(CCN1CCN(C(=O)OC(C)(C)C)CC1)C(=O)O. The van der Waals surface area contributed by atoms with E-state index in [0.29, 0.717) is 45.2 Å². The van der Waals surface area contributed by atoms with Crippen molar-refractivity contribution in [2.75, 3.05) is 45.8 Å². The molecule has 0 saturated carbocycles. The Kier molecular flexibility index (Phi) is 10.6. The Morgan fingerprint density at radius 3 is 2.16 bits per heavy atom. The molecule has 3 N–H and O–H groups in total. The van der Waals surface area contributed by atoms with E-state index < -0.39 is 17.2 Å². The number of aromatic hydroxyl groups is 1. The summed E-state index contributed by atoms with van der Waals surface area (Å²) in [4.78, 5) is 43.2. The van der Waals surface area contributed by atoms with E-state index in [0.717, 1.165) is 12.0 Å². The van der Waals surface area contributed by atoms with Gasteiger partial charge in [0.1, 0.15) is 16.9 Å². The van der Waals surface area contributed by atoms with Gasteiger partial charge in [-0.1, -0.05) is 26.0 Å². The number of ether oxygens (including phenoxy) is 1. The number of carbonyl (C=O) groups is 3. The summed E-state index contributed by atoms with van der Waals surface area (Å²) in [5, 5.41) is 22.7. The normalized spacial score (nSPS) is 16.2. The molecule has 0 spiro atoms. The van der Waals surface area contributed by atoms with E-state index in [4.69, 9.17) is 4.74 Å². The molecule has 3 amide bonds. The summed E-state index contributed by atoms with van der Waals surface area (Å²) in [7, 11) is 0. The number of phenols is 1. The lowest BCUT2D eigenvalue weighted by Gasteiger charge is -2.41. The van der Waals surface area contributed by atoms with E-state index in [-0.39, 0.29) is 30.7 Å². The van der Waals surface area contributed by atoms with Crippen LogP contribution in [0.25, 0.3) is 0 Å². The number of amides is 3. The second-order valence-electron chi connectivity index (χ2n) is 11.3. The standard InChI is InChI=1S/C27H44N4O6/c1-20(2)11-12-28-23(33)27(6,19-21-7-9-22(32)10-8-21)31(24(34)35)18-15-29-13-16-30(17-14-29)25(36)37-26(3,4)5/h7-10,20,32H,11-19H2,1-6H3,(H,28,33)(H,34,35)/t27-/m0/s1. The van der Waals surface area contributed by atoms with Gasteiger partial charge in [0.05, 0.1) is 0 Å². The predicted molar refractivity (Wildman–Crippen MR) is 142 cm³/mol. The molecule has 1 aromatic rings. The van der Waals surface area contributed by atoms with Crippen LogP contribution in [-0.2, 0) is 16.0 Å². The summed E-state index contributed by atoms with van der Waals surface area (Å²) >= 11 is 0. The molecule has 0 unspecified atom stereocenters. The molecule has 0 bridgehead atoms. The fraction of sp³-hybridized carbons (Fsp3) is 0.667. The van der Waals surface area contributed by atoms with Gasteiger partial charge in [-0.2, -0.15) is 0 Å². The molecule has 1 aromatic carbocycles. The van der Waals surface area contributed by atoms with E-state index in [9.17, 15) is 24.6 Å². The van der Waals surface area contributed by atoms with Crippen LogP contribution >= 0.6 is 0 Å². The Morgan fingerprint density at radius 1 is 1.05 bits per heavy atom. The highest BCUT2D eigenvalue weighted by Gasteiger charge is 2.42. The molecule has 1 heterocycles. The first kappa shape index (κ1) is 30.2. The average Bonchev–Trinajstić information content (AvgIpc) is 2.79. The van der Waals surface area contributed by atoms with E-state index >= 15 is 0 Å². The summed E-state index contributed by atoms with van der Waals surface area (Å²) in [5.41, 5.74) is -1.16. The van der Waals surface area contributed by atoms with Crippen LogP contribution in [0.1, 0.15) is 53.5 Å². The Labute approximate surface area is 220 Å². The van der Waals surface area contributed by atoms with Gasteiger partial charge in [0.25, 0.3) is 0 Å². The number of phenolic OH excluding ortho intramolecular Hbond substituents is 1. The smallest absolute Gasteiger partial charge is 0.410 e. The van der Waals surface area contributed by atoms with Crippen LogP contribution < -0.4 is 5.32 Å².